The Kier molecular flexibility index (Phi) is 2.14. The number of ether oxygens (including phenoxy) is 1. The van der Waals surface area contributed by atoms with Crippen LogP contribution in [0.4, 0.5) is 0 Å². The molecule has 1 heterocycles. The first-order valence-corrected chi connectivity index (χ1v) is 4.22. The van der Waals surface area contributed by atoms with Crippen LogP contribution in [0.15, 0.2) is 30.6 Å². The third-order valence-corrected chi connectivity index (χ3v) is 2.14. The van der Waals surface area contributed by atoms with E-state index in [0.29, 0.717) is 5.56 Å². The van der Waals surface area contributed by atoms with Crippen LogP contribution in [-0.2, 0) is 0 Å². The predicted octanol–water partition coefficient (Wildman–Crippen LogP) is 2.06. The number of methoxy groups -OCH3 is 1. The highest BCUT2D eigenvalue weighted by molar-refractivity contribution is 5.99. The first-order valence-electron chi connectivity index (χ1n) is 4.22. The van der Waals surface area contributed by atoms with E-state index in [1.54, 1.807) is 19.5 Å². The van der Waals surface area contributed by atoms with Crippen molar-refractivity contribution in [2.45, 2.75) is 0 Å². The van der Waals surface area contributed by atoms with Gasteiger partial charge in [0.15, 0.2) is 6.29 Å². The van der Waals surface area contributed by atoms with Gasteiger partial charge in [0, 0.05) is 23.3 Å². The Bertz CT molecular complexity index is 480. The van der Waals surface area contributed by atoms with Crippen molar-refractivity contribution >= 4 is 17.1 Å². The fraction of sp³-hybridized carbons (Fsp3) is 0.0909. The lowest BCUT2D eigenvalue weighted by molar-refractivity contribution is 0.112. The Balaban J connectivity index is 2.84. The molecule has 14 heavy (non-hydrogen) atoms. The maximum atomic E-state index is 10.7. The molecule has 0 fully saturated rings. The van der Waals surface area contributed by atoms with Crippen molar-refractivity contribution in [2.24, 2.45) is 0 Å². The Morgan fingerprint density at radius 3 is 2.86 bits per heavy atom. The summed E-state index contributed by atoms with van der Waals surface area (Å²) in [5.74, 6) is 0.735. The van der Waals surface area contributed by atoms with E-state index in [0.717, 1.165) is 22.8 Å². The molecule has 0 spiro atoms. The lowest BCUT2D eigenvalue weighted by Crippen LogP contribution is -1.89. The van der Waals surface area contributed by atoms with Gasteiger partial charge >= 0.3 is 0 Å². The van der Waals surface area contributed by atoms with Gasteiger partial charge in [-0.2, -0.15) is 0 Å². The van der Waals surface area contributed by atoms with Crippen LogP contribution in [0.25, 0.3) is 10.8 Å². The number of fused-ring (bicyclic) bond motifs is 1. The van der Waals surface area contributed by atoms with Crippen LogP contribution >= 0.6 is 0 Å². The number of carbonyl (C=O) groups is 1. The largest absolute Gasteiger partial charge is 0.496 e. The van der Waals surface area contributed by atoms with Gasteiger partial charge in [0.05, 0.1) is 7.11 Å². The molecule has 0 atom stereocenters. The summed E-state index contributed by atoms with van der Waals surface area (Å²) in [6.45, 7) is 0. The van der Waals surface area contributed by atoms with Crippen LogP contribution in [0.5, 0.6) is 5.75 Å². The van der Waals surface area contributed by atoms with Gasteiger partial charge in [-0.25, -0.2) is 0 Å². The molecule has 0 amide bonds. The molecule has 0 aliphatic carbocycles. The third kappa shape index (κ3) is 1.23. The molecule has 0 aliphatic rings. The van der Waals surface area contributed by atoms with E-state index < -0.39 is 0 Å². The molecule has 3 heteroatoms. The summed E-state index contributed by atoms with van der Waals surface area (Å²) in [5, 5.41) is 1.73. The van der Waals surface area contributed by atoms with E-state index in [2.05, 4.69) is 4.98 Å². The van der Waals surface area contributed by atoms with Crippen LogP contribution in [0.1, 0.15) is 10.4 Å². The van der Waals surface area contributed by atoms with Gasteiger partial charge in [0.2, 0.25) is 0 Å². The Morgan fingerprint density at radius 2 is 2.14 bits per heavy atom. The summed E-state index contributed by atoms with van der Waals surface area (Å²) in [6, 6.07) is 5.58. The summed E-state index contributed by atoms with van der Waals surface area (Å²) in [7, 11) is 1.60. The second kappa shape index (κ2) is 3.46. The van der Waals surface area contributed by atoms with Crippen molar-refractivity contribution in [2.75, 3.05) is 7.11 Å². The Hall–Kier alpha value is -1.90. The second-order valence-electron chi connectivity index (χ2n) is 2.90. The zero-order chi connectivity index (χ0) is 9.97. The molecule has 0 unspecified atom stereocenters. The fourth-order valence-electron chi connectivity index (χ4n) is 1.46. The number of hydrogen-bond acceptors (Lipinski definition) is 3. The van der Waals surface area contributed by atoms with Crippen molar-refractivity contribution in [3.05, 3.63) is 36.2 Å². The van der Waals surface area contributed by atoms with Gasteiger partial charge in [-0.3, -0.25) is 9.78 Å². The maximum Gasteiger partial charge on any atom is 0.152 e. The number of carbonyl (C=O) groups excluding carboxylic acids is 1. The lowest BCUT2D eigenvalue weighted by Gasteiger charge is -2.05. The molecule has 2 rings (SSSR count). The number of rotatable bonds is 2. The van der Waals surface area contributed by atoms with E-state index >= 15 is 0 Å². The molecule has 2 aromatic rings. The number of benzene rings is 1. The van der Waals surface area contributed by atoms with Gasteiger partial charge in [-0.05, 0) is 11.5 Å². The zero-order valence-corrected chi connectivity index (χ0v) is 7.73. The monoisotopic (exact) mass is 187 g/mol. The molecule has 0 saturated heterocycles. The van der Waals surface area contributed by atoms with E-state index in [-0.39, 0.29) is 0 Å². The average molecular weight is 187 g/mol. The molecule has 1 aromatic heterocycles. The van der Waals surface area contributed by atoms with Crippen LogP contribution in [-0.4, -0.2) is 18.4 Å². The van der Waals surface area contributed by atoms with Crippen molar-refractivity contribution in [1.29, 1.82) is 0 Å². The minimum absolute atomic E-state index is 0.585. The highest BCUT2D eigenvalue weighted by Crippen LogP contribution is 2.25. The number of pyridine rings is 1. The number of nitrogens with zero attached hydrogens (tertiary/aromatic N) is 1. The van der Waals surface area contributed by atoms with Crippen LogP contribution in [0.3, 0.4) is 0 Å². The first kappa shape index (κ1) is 8.69. The molecule has 0 N–H and O–H groups in total. The van der Waals surface area contributed by atoms with Crippen LogP contribution < -0.4 is 4.74 Å². The highest BCUT2D eigenvalue weighted by Gasteiger charge is 2.04. The van der Waals surface area contributed by atoms with E-state index in [1.165, 1.54) is 0 Å². The van der Waals surface area contributed by atoms with Crippen molar-refractivity contribution in [3.63, 3.8) is 0 Å². The Labute approximate surface area is 81.3 Å². The molecular formula is C11H9NO2. The number of aromatic nitrogens is 1. The maximum absolute atomic E-state index is 10.7. The Morgan fingerprint density at radius 1 is 1.29 bits per heavy atom. The standard InChI is InChI=1S/C11H9NO2/c1-14-11-4-2-3-9-8(7-13)5-12-6-10(9)11/h2-7H,1H3. The molecule has 0 saturated carbocycles. The van der Waals surface area contributed by atoms with E-state index in [1.807, 2.05) is 18.2 Å². The second-order valence-corrected chi connectivity index (χ2v) is 2.90. The smallest absolute Gasteiger partial charge is 0.152 e. The summed E-state index contributed by atoms with van der Waals surface area (Å²) in [5.41, 5.74) is 0.585. The summed E-state index contributed by atoms with van der Waals surface area (Å²) >= 11 is 0. The van der Waals surface area contributed by atoms with Gasteiger partial charge < -0.3 is 4.74 Å². The van der Waals surface area contributed by atoms with Gasteiger partial charge in [-0.1, -0.05) is 12.1 Å². The lowest BCUT2D eigenvalue weighted by atomic mass is 10.1. The molecule has 0 bridgehead atoms. The SMILES string of the molecule is COc1cccc2c(C=O)cncc12. The van der Waals surface area contributed by atoms with Crippen molar-refractivity contribution < 1.29 is 9.53 Å². The summed E-state index contributed by atoms with van der Waals surface area (Å²) in [6.07, 6.45) is 4.05. The minimum atomic E-state index is 0.585. The van der Waals surface area contributed by atoms with Gasteiger partial charge in [0.1, 0.15) is 5.75 Å². The molecular weight excluding hydrogens is 178 g/mol. The zero-order valence-electron chi connectivity index (χ0n) is 7.73. The van der Waals surface area contributed by atoms with E-state index in [4.69, 9.17) is 4.74 Å². The number of aldehydes is 1. The third-order valence-electron chi connectivity index (χ3n) is 2.14. The van der Waals surface area contributed by atoms with Crippen LogP contribution in [0.2, 0.25) is 0 Å². The van der Waals surface area contributed by atoms with Gasteiger partial charge in [-0.15, -0.1) is 0 Å². The summed E-state index contributed by atoms with van der Waals surface area (Å²) < 4.78 is 5.17. The topological polar surface area (TPSA) is 39.2 Å². The molecule has 1 aromatic carbocycles. The molecule has 70 valence electrons. The average Bonchev–Trinajstić information content (AvgIpc) is 2.27. The minimum Gasteiger partial charge on any atom is -0.496 e. The van der Waals surface area contributed by atoms with Crippen molar-refractivity contribution in [1.82, 2.24) is 4.98 Å². The normalized spacial score (nSPS) is 10.1. The first-order chi connectivity index (χ1) is 6.86. The van der Waals surface area contributed by atoms with Crippen molar-refractivity contribution in [3.8, 4) is 5.75 Å². The van der Waals surface area contributed by atoms with E-state index in [9.17, 15) is 4.79 Å². The molecule has 3 nitrogen and oxygen atoms in total. The fourth-order valence-corrected chi connectivity index (χ4v) is 1.46. The van der Waals surface area contributed by atoms with Gasteiger partial charge in [0.25, 0.3) is 0 Å². The summed E-state index contributed by atoms with van der Waals surface area (Å²) in [4.78, 5) is 14.7. The highest BCUT2D eigenvalue weighted by atomic mass is 16.5. The predicted molar refractivity (Wildman–Crippen MR) is 53.7 cm³/mol. The number of hydrogen-bond donors (Lipinski definition) is 0. The quantitative estimate of drug-likeness (QED) is 0.675. The van der Waals surface area contributed by atoms with Crippen LogP contribution in [0, 0.1) is 0 Å². The molecule has 0 radical (unpaired) electrons. The molecule has 0 aliphatic heterocycles.